The first-order valence-corrected chi connectivity index (χ1v) is 45.3. The van der Waals surface area contributed by atoms with Crippen molar-refractivity contribution in [2.24, 2.45) is 0 Å². The Hall–Kier alpha value is -15.1. The predicted molar refractivity (Wildman–Crippen MR) is 476 cm³/mol. The van der Waals surface area contributed by atoms with E-state index < -0.39 is 52.2 Å². The minimum Gasteiger partial charge on any atom is -0.377 e. The molecule has 694 valence electrons. The van der Waals surface area contributed by atoms with Crippen molar-refractivity contribution in [2.45, 2.75) is 75.7 Å². The van der Waals surface area contributed by atoms with E-state index in [-0.39, 0.29) is 40.4 Å². The van der Waals surface area contributed by atoms with Crippen molar-refractivity contribution < 1.29 is 61.9 Å². The molecule has 0 aliphatic carbocycles. The van der Waals surface area contributed by atoms with Gasteiger partial charge >= 0.3 is 0 Å². The van der Waals surface area contributed by atoms with Gasteiger partial charge in [0.05, 0.1) is 96.6 Å². The molecule has 36 nitrogen and oxygen atoms in total. The summed E-state index contributed by atoms with van der Waals surface area (Å²) in [5.74, 6) is 3.52. The molecular weight excluding hydrogens is 1810 g/mol. The summed E-state index contributed by atoms with van der Waals surface area (Å²) in [6.45, 7) is 12.0. The van der Waals surface area contributed by atoms with Gasteiger partial charge in [-0.15, -0.1) is 0 Å². The molecule has 0 radical (unpaired) electrons. The van der Waals surface area contributed by atoms with E-state index in [4.69, 9.17) is 9.52 Å². The van der Waals surface area contributed by atoms with Crippen molar-refractivity contribution in [3.63, 3.8) is 0 Å². The Labute approximate surface area is 763 Å². The number of piperazine rings is 1. The molecule has 4 saturated heterocycles. The molecular formula is C87H80F10N32O4S2. The van der Waals surface area contributed by atoms with Gasteiger partial charge in [-0.05, 0) is 67.9 Å². The standard InChI is InChI=1S/C20H17F2N7.C18H19F2N7O.C18H14F2N6OS.C16H16F2N6O.C15H14F2N6OS/c21-19(22)15-12-29-16(9-26-18(29)10-25-15)20-24-7-4-17(27-20)28-8-5-13(11-28)14-3-1-2-6-23-14;1-12(28)25-5-7-26(8-6-25)15-3-4-21-17(24-15)13-9-23-16-10-22-14(11-27(13)16)18(2,19)20;1-28(21,27)12-4-2-3-11(7-12)13-5-6-22-18(25-13)15-8-24-16-9-23-14(17(19)20)10-26(15)16;1-10-9-25-5-4-23(10)13-2-3-19-16(22-13)12-6-21-14-7-20-11(15(17)18)8-24(12)14;16-14(17)10-9-23-11(7-20-13(23)8-19-10)15-18-2-1-12(21-15)22-3-5-25(24)6-4-22/h1-4,6-7,9-10,12-13,19H,5,8,11H2;3-4,9-11H,5-8H2,1-2H3;2-10,17,21H,1H3;2-3,6-8,10,15H,4-5,9H2,1H3;1-2,7-9,14H,3-6H2/t;;;10-;/m...0./s1. The zero-order chi connectivity index (χ0) is 94.3. The van der Waals surface area contributed by atoms with Crippen LogP contribution in [-0.4, -0.2) is 242 Å². The van der Waals surface area contributed by atoms with E-state index >= 15 is 0 Å². The van der Waals surface area contributed by atoms with Crippen LogP contribution in [0.1, 0.15) is 93.0 Å². The number of halogens is 10. The number of pyridine rings is 1. The Balaban J connectivity index is 0.000000117. The number of benzene rings is 1. The van der Waals surface area contributed by atoms with Crippen LogP contribution in [0.3, 0.4) is 0 Å². The molecule has 4 aliphatic heterocycles. The molecule has 0 spiro atoms. The summed E-state index contributed by atoms with van der Waals surface area (Å²) < 4.78 is 175. The zero-order valence-corrected chi connectivity index (χ0v) is 73.6. The topological polar surface area (TPSA) is 393 Å². The van der Waals surface area contributed by atoms with Gasteiger partial charge < -0.3 is 29.2 Å². The first-order chi connectivity index (χ1) is 65.1. The molecule has 1 N–H and O–H groups in total. The van der Waals surface area contributed by atoms with E-state index in [1.54, 1.807) is 108 Å². The second-order valence-corrected chi connectivity index (χ2v) is 35.0. The van der Waals surface area contributed by atoms with Gasteiger partial charge in [-0.25, -0.2) is 144 Å². The number of ether oxygens (including phenoxy) is 1. The van der Waals surface area contributed by atoms with E-state index in [2.05, 4.69) is 126 Å². The van der Waals surface area contributed by atoms with Gasteiger partial charge in [-0.2, -0.15) is 8.78 Å². The molecule has 20 heterocycles. The van der Waals surface area contributed by atoms with E-state index in [9.17, 15) is 57.1 Å². The molecule has 4 fully saturated rings. The number of aromatic nitrogens is 26. The molecule has 17 aromatic rings. The van der Waals surface area contributed by atoms with Gasteiger partial charge in [0.2, 0.25) is 5.91 Å². The quantitative estimate of drug-likeness (QED) is 0.0827. The van der Waals surface area contributed by atoms with Crippen LogP contribution in [0.15, 0.2) is 208 Å². The Morgan fingerprint density at radius 1 is 0.459 bits per heavy atom. The molecule has 3 atom stereocenters. The normalized spacial score (nSPS) is 16.0. The number of nitrogens with zero attached hydrogens (tertiary/aromatic N) is 31. The van der Waals surface area contributed by atoms with E-state index in [1.165, 1.54) is 98.2 Å². The van der Waals surface area contributed by atoms with E-state index in [0.717, 1.165) is 61.9 Å². The largest absolute Gasteiger partial charge is 0.377 e. The average molecular weight is 1890 g/mol. The van der Waals surface area contributed by atoms with Gasteiger partial charge in [0.25, 0.3) is 31.6 Å². The minimum atomic E-state index is -3.06. The lowest BCUT2D eigenvalue weighted by atomic mass is 10.0. The molecule has 21 rings (SSSR count). The minimum absolute atomic E-state index is 0.0610. The number of fused-ring (bicyclic) bond motifs is 5. The predicted octanol–water partition coefficient (Wildman–Crippen LogP) is 13.3. The second-order valence-electron chi connectivity index (χ2n) is 31.2. The van der Waals surface area contributed by atoms with Crippen molar-refractivity contribution in [1.82, 2.24) is 132 Å². The summed E-state index contributed by atoms with van der Waals surface area (Å²) in [6, 6.07) is 21.9. The molecule has 16 aromatic heterocycles. The van der Waals surface area contributed by atoms with Crippen LogP contribution < -0.4 is 19.6 Å². The fourth-order valence-corrected chi connectivity index (χ4v) is 16.9. The summed E-state index contributed by atoms with van der Waals surface area (Å²) >= 11 is 0. The number of carbonyl (C=O) groups is 1. The highest BCUT2D eigenvalue weighted by Gasteiger charge is 2.31. The summed E-state index contributed by atoms with van der Waals surface area (Å²) in [5.41, 5.74) is 5.39. The van der Waals surface area contributed by atoms with Crippen molar-refractivity contribution in [3.8, 4) is 68.8 Å². The van der Waals surface area contributed by atoms with Crippen molar-refractivity contribution in [1.29, 1.82) is 4.78 Å². The third kappa shape index (κ3) is 20.9. The van der Waals surface area contributed by atoms with Crippen LogP contribution in [0.4, 0.5) is 67.2 Å². The van der Waals surface area contributed by atoms with E-state index in [1.807, 2.05) is 41.4 Å². The number of anilines is 4. The zero-order valence-electron chi connectivity index (χ0n) is 72.0. The molecule has 0 bridgehead atoms. The Kier molecular flexibility index (Phi) is 27.0. The Morgan fingerprint density at radius 2 is 0.874 bits per heavy atom. The lowest BCUT2D eigenvalue weighted by molar-refractivity contribution is -0.129. The van der Waals surface area contributed by atoms with Crippen LogP contribution in [-0.2, 0) is 36.0 Å². The number of hydrogen-bond acceptors (Lipinski definition) is 30. The molecule has 1 aromatic carbocycles. The summed E-state index contributed by atoms with van der Waals surface area (Å²) in [4.78, 5) is 110. The van der Waals surface area contributed by atoms with Crippen molar-refractivity contribution in [3.05, 3.63) is 237 Å². The van der Waals surface area contributed by atoms with Gasteiger partial charge in [0, 0.05) is 192 Å². The highest BCUT2D eigenvalue weighted by Crippen LogP contribution is 2.35. The van der Waals surface area contributed by atoms with Crippen LogP contribution in [0.5, 0.6) is 0 Å². The SMILES string of the molecule is CC(=O)N1CCN(c2ccnc(-c3cnc4cnc(C(C)(F)F)cn34)n2)CC1.CS(=N)(=O)c1cccc(-c2ccnc(-c3cnc4cnc(C(F)F)cn34)n2)c1.C[C@H]1COCCN1c1ccnc(-c2cnc3cnc(C(F)F)cn23)n1.FC(F)c1cn2c(-c3nccc(N4CCC(c5ccccn5)C4)n3)cnc2cn1.O=S1CCN(c2ccnc(-c3cnc4cnc(C(F)F)cn34)n2)CC1. The maximum Gasteiger partial charge on any atom is 0.288 e. The highest BCUT2D eigenvalue weighted by atomic mass is 32.2. The van der Waals surface area contributed by atoms with Crippen molar-refractivity contribution >= 4 is 77.9 Å². The molecule has 0 saturated carbocycles. The van der Waals surface area contributed by atoms with Crippen molar-refractivity contribution in [2.75, 3.05) is 109 Å². The number of alkyl halides is 10. The van der Waals surface area contributed by atoms with Gasteiger partial charge in [-0.3, -0.25) is 36.0 Å². The third-order valence-electron chi connectivity index (χ3n) is 22.2. The van der Waals surface area contributed by atoms with Crippen LogP contribution in [0.2, 0.25) is 0 Å². The molecule has 1 amide bonds. The van der Waals surface area contributed by atoms with Crippen LogP contribution in [0.25, 0.3) is 97.1 Å². The monoisotopic (exact) mass is 1890 g/mol. The van der Waals surface area contributed by atoms with Gasteiger partial charge in [0.15, 0.2) is 57.4 Å². The highest BCUT2D eigenvalue weighted by molar-refractivity contribution is 7.91. The number of imidazole rings is 5. The smallest absolute Gasteiger partial charge is 0.288 e. The number of morpholine rings is 1. The number of amides is 1. The fourth-order valence-electron chi connectivity index (χ4n) is 15.1. The summed E-state index contributed by atoms with van der Waals surface area (Å²) in [6.07, 6.45) is 22.1. The Morgan fingerprint density at radius 3 is 1.30 bits per heavy atom. The van der Waals surface area contributed by atoms with Crippen LogP contribution >= 0.6 is 0 Å². The lowest BCUT2D eigenvalue weighted by Crippen LogP contribution is -2.48. The lowest BCUT2D eigenvalue weighted by Gasteiger charge is -2.34. The van der Waals surface area contributed by atoms with E-state index in [0.29, 0.717) is 172 Å². The molecule has 4 aliphatic rings. The number of hydrogen-bond donors (Lipinski definition) is 1. The molecule has 48 heteroatoms. The number of carbonyl (C=O) groups excluding carboxylic acids is 1. The second kappa shape index (κ2) is 39.8. The number of nitrogens with one attached hydrogen (secondary N) is 1. The fraction of sp³-hybridized carbons (Fsp3) is 0.287. The summed E-state index contributed by atoms with van der Waals surface area (Å²) in [7, 11) is -3.64. The number of rotatable bonds is 17. The molecule has 2 unspecified atom stereocenters. The first-order valence-electron chi connectivity index (χ1n) is 41.9. The third-order valence-corrected chi connectivity index (χ3v) is 24.6. The van der Waals surface area contributed by atoms with Crippen LogP contribution in [0, 0.1) is 4.78 Å². The average Bonchev–Trinajstić information content (AvgIpc) is 1.65. The van der Waals surface area contributed by atoms with Gasteiger partial charge in [0.1, 0.15) is 80.2 Å². The maximum absolute atomic E-state index is 13.7. The first kappa shape index (κ1) is 91.8. The maximum atomic E-state index is 13.7. The summed E-state index contributed by atoms with van der Waals surface area (Å²) in [5, 5.41) is 0. The van der Waals surface area contributed by atoms with Gasteiger partial charge in [-0.1, -0.05) is 18.2 Å². The molecule has 135 heavy (non-hydrogen) atoms. The Bertz CT molecular complexity index is 7260.